The van der Waals surface area contributed by atoms with E-state index in [0.29, 0.717) is 17.7 Å². The number of aliphatic hydroxyl groups is 1. The Morgan fingerprint density at radius 1 is 1.09 bits per heavy atom. The van der Waals surface area contributed by atoms with Gasteiger partial charge < -0.3 is 14.9 Å². The van der Waals surface area contributed by atoms with Gasteiger partial charge in [-0.3, -0.25) is 4.79 Å². The Bertz CT molecular complexity index is 684. The van der Waals surface area contributed by atoms with E-state index < -0.39 is 15.0 Å². The molecule has 0 saturated heterocycles. The van der Waals surface area contributed by atoms with E-state index in [0.717, 1.165) is 12.5 Å². The number of halogens is 2. The number of hydrogen-bond acceptors (Lipinski definition) is 3. The number of para-hydroxylation sites is 1. The lowest BCUT2D eigenvalue weighted by Gasteiger charge is -2.43. The molecule has 0 aromatic heterocycles. The van der Waals surface area contributed by atoms with Crippen molar-refractivity contribution in [2.24, 2.45) is 0 Å². The Labute approximate surface area is 151 Å². The molecule has 2 aromatic rings. The topological polar surface area (TPSA) is 66.8 Å². The van der Waals surface area contributed by atoms with Gasteiger partial charge in [0.1, 0.15) is 5.75 Å². The molecule has 1 aliphatic heterocycles. The summed E-state index contributed by atoms with van der Waals surface area (Å²) >= 11 is 7.13. The van der Waals surface area contributed by atoms with Crippen LogP contribution in [0.25, 0.3) is 0 Å². The van der Waals surface area contributed by atoms with Gasteiger partial charge in [-0.05, 0) is 11.6 Å². The molecule has 0 fully saturated rings. The zero-order valence-corrected chi connectivity index (χ0v) is 15.5. The number of alkyl halides is 2. The van der Waals surface area contributed by atoms with Gasteiger partial charge in [-0.2, -0.15) is 0 Å². The van der Waals surface area contributed by atoms with Gasteiger partial charge >= 0.3 is 0 Å². The van der Waals surface area contributed by atoms with Crippen molar-refractivity contribution < 1.29 is 19.7 Å². The maximum atomic E-state index is 11.0. The summed E-state index contributed by atoms with van der Waals surface area (Å²) in [4.78, 5) is 9.00. The molecule has 1 atom stereocenters. The van der Waals surface area contributed by atoms with Crippen LogP contribution in [0.5, 0.6) is 5.75 Å². The summed E-state index contributed by atoms with van der Waals surface area (Å²) in [7, 11) is 0. The molecule has 0 bridgehead atoms. The van der Waals surface area contributed by atoms with Crippen LogP contribution in [0, 0.1) is 0 Å². The number of hydrogen-bond donors (Lipinski definition) is 2. The van der Waals surface area contributed by atoms with E-state index >= 15 is 0 Å². The Balaban J connectivity index is 0.000000433. The van der Waals surface area contributed by atoms with Crippen molar-refractivity contribution in [2.45, 2.75) is 22.4 Å². The number of carboxylic acids is 1. The van der Waals surface area contributed by atoms with Crippen molar-refractivity contribution >= 4 is 37.8 Å². The molecule has 1 aliphatic rings. The summed E-state index contributed by atoms with van der Waals surface area (Å²) in [6, 6.07) is 17.1. The number of ether oxygens (including phenoxy) is 1. The van der Waals surface area contributed by atoms with Crippen LogP contribution in [-0.2, 0) is 17.0 Å². The molecule has 4 nitrogen and oxygen atoms in total. The largest absolute Gasteiger partial charge is 0.481 e. The van der Waals surface area contributed by atoms with Crippen molar-refractivity contribution in [3.63, 3.8) is 0 Å². The summed E-state index contributed by atoms with van der Waals surface area (Å²) in [5.41, 5.74) is 1.76. The molecule has 2 aromatic carbocycles. The zero-order valence-electron chi connectivity index (χ0n) is 12.4. The second-order valence-corrected chi connectivity index (χ2v) is 8.89. The average Bonchev–Trinajstić information content (AvgIpc) is 2.48. The van der Waals surface area contributed by atoms with Gasteiger partial charge in [0.15, 0.2) is 3.23 Å². The van der Waals surface area contributed by atoms with Crippen molar-refractivity contribution in [1.29, 1.82) is 0 Å². The zero-order chi connectivity index (χ0) is 17.1. The summed E-state index contributed by atoms with van der Waals surface area (Å²) in [5.74, 6) is -1.58. The third kappa shape index (κ3) is 3.94. The van der Waals surface area contributed by atoms with E-state index in [9.17, 15) is 5.11 Å². The van der Waals surface area contributed by atoms with Crippen molar-refractivity contribution in [3.05, 3.63) is 65.7 Å². The van der Waals surface area contributed by atoms with Crippen LogP contribution >= 0.6 is 31.9 Å². The van der Waals surface area contributed by atoms with E-state index in [1.54, 1.807) is 0 Å². The van der Waals surface area contributed by atoms with E-state index in [1.807, 2.05) is 54.6 Å². The van der Waals surface area contributed by atoms with Gasteiger partial charge in [-0.25, -0.2) is 0 Å². The highest BCUT2D eigenvalue weighted by Gasteiger charge is 2.54. The highest BCUT2D eigenvalue weighted by Crippen LogP contribution is 2.52. The third-order valence-electron chi connectivity index (χ3n) is 3.30. The number of aliphatic carboxylic acids is 1. The fourth-order valence-electron chi connectivity index (χ4n) is 2.28. The lowest BCUT2D eigenvalue weighted by Crippen LogP contribution is -2.51. The summed E-state index contributed by atoms with van der Waals surface area (Å²) < 4.78 is 5.12. The molecule has 0 radical (unpaired) electrons. The second-order valence-electron chi connectivity index (χ2n) is 5.12. The van der Waals surface area contributed by atoms with Gasteiger partial charge in [0.05, 0.1) is 0 Å². The Hall–Kier alpha value is -1.37. The van der Waals surface area contributed by atoms with Crippen molar-refractivity contribution in [3.8, 4) is 5.75 Å². The van der Waals surface area contributed by atoms with Gasteiger partial charge in [0, 0.05) is 18.9 Å². The first-order valence-electron chi connectivity index (χ1n) is 6.88. The Kier molecular flexibility index (Phi) is 5.49. The standard InChI is InChI=1S/C15H12Br2O2.C2H4O2/c16-14(17)10-11-6-4-5-9-13(11)19-15(14,18)12-7-2-1-3-8-12;1-2(3)4/h1-9,18H,10H2;1H3,(H,3,4). The molecule has 6 heteroatoms. The molecular formula is C17H16Br2O4. The monoisotopic (exact) mass is 442 g/mol. The quantitative estimate of drug-likeness (QED) is 0.652. The number of carbonyl (C=O) groups is 1. The molecule has 2 N–H and O–H groups in total. The second kappa shape index (κ2) is 7.03. The van der Waals surface area contributed by atoms with Crippen LogP contribution in [0.15, 0.2) is 54.6 Å². The van der Waals surface area contributed by atoms with Crippen LogP contribution in [0.3, 0.4) is 0 Å². The number of rotatable bonds is 1. The predicted octanol–water partition coefficient (Wildman–Crippen LogP) is 4.04. The molecule has 23 heavy (non-hydrogen) atoms. The van der Waals surface area contributed by atoms with Crippen LogP contribution < -0.4 is 4.74 Å². The van der Waals surface area contributed by atoms with Crippen LogP contribution in [-0.4, -0.2) is 19.4 Å². The molecule has 122 valence electrons. The molecule has 1 unspecified atom stereocenters. The molecule has 0 aliphatic carbocycles. The summed E-state index contributed by atoms with van der Waals surface area (Å²) in [6.07, 6.45) is 0.620. The SMILES string of the molecule is CC(=O)O.OC1(c2ccccc2)Oc2ccccc2CC1(Br)Br. The fourth-order valence-corrected chi connectivity index (χ4v) is 3.50. The minimum atomic E-state index is -1.46. The first-order chi connectivity index (χ1) is 10.8. The number of fused-ring (bicyclic) bond motifs is 1. The predicted molar refractivity (Wildman–Crippen MR) is 95.0 cm³/mol. The molecular weight excluding hydrogens is 428 g/mol. The lowest BCUT2D eigenvalue weighted by molar-refractivity contribution is -0.158. The highest BCUT2D eigenvalue weighted by molar-refractivity contribution is 9.25. The van der Waals surface area contributed by atoms with Crippen LogP contribution in [0.1, 0.15) is 18.1 Å². The van der Waals surface area contributed by atoms with E-state index in [4.69, 9.17) is 14.6 Å². The first kappa shape index (κ1) is 18.0. The first-order valence-corrected chi connectivity index (χ1v) is 8.47. The van der Waals surface area contributed by atoms with Gasteiger partial charge in [0.25, 0.3) is 11.8 Å². The third-order valence-corrected chi connectivity index (χ3v) is 4.94. The van der Waals surface area contributed by atoms with Gasteiger partial charge in [-0.1, -0.05) is 80.4 Å². The molecule has 0 amide bonds. The summed E-state index contributed by atoms with van der Waals surface area (Å²) in [5, 5.41) is 18.4. The number of carboxylic acid groups (broad SMARTS) is 1. The van der Waals surface area contributed by atoms with E-state index in [1.165, 1.54) is 0 Å². The Morgan fingerprint density at radius 3 is 2.22 bits per heavy atom. The smallest absolute Gasteiger partial charge is 0.300 e. The van der Waals surface area contributed by atoms with Gasteiger partial charge in [0.2, 0.25) is 0 Å². The molecule has 1 heterocycles. The molecule has 0 spiro atoms. The minimum Gasteiger partial charge on any atom is -0.481 e. The van der Waals surface area contributed by atoms with Crippen molar-refractivity contribution in [1.82, 2.24) is 0 Å². The highest BCUT2D eigenvalue weighted by atomic mass is 79.9. The molecule has 3 rings (SSSR count). The summed E-state index contributed by atoms with van der Waals surface area (Å²) in [6.45, 7) is 1.08. The normalized spacial score (nSPS) is 21.2. The van der Waals surface area contributed by atoms with E-state index in [-0.39, 0.29) is 0 Å². The number of benzene rings is 2. The average molecular weight is 444 g/mol. The minimum absolute atomic E-state index is 0.620. The van der Waals surface area contributed by atoms with Crippen LogP contribution in [0.4, 0.5) is 0 Å². The maximum absolute atomic E-state index is 11.0. The van der Waals surface area contributed by atoms with Gasteiger partial charge in [-0.15, -0.1) is 0 Å². The van der Waals surface area contributed by atoms with Crippen LogP contribution in [0.2, 0.25) is 0 Å². The lowest BCUT2D eigenvalue weighted by atomic mass is 9.94. The molecule has 0 saturated carbocycles. The van der Waals surface area contributed by atoms with E-state index in [2.05, 4.69) is 31.9 Å². The van der Waals surface area contributed by atoms with Crippen molar-refractivity contribution in [2.75, 3.05) is 0 Å². The fraction of sp³-hybridized carbons (Fsp3) is 0.235. The Morgan fingerprint density at radius 2 is 1.61 bits per heavy atom. The maximum Gasteiger partial charge on any atom is 0.300 e.